The van der Waals surface area contributed by atoms with Crippen LogP contribution < -0.4 is 0 Å². The van der Waals surface area contributed by atoms with Crippen molar-refractivity contribution in [3.63, 3.8) is 0 Å². The molecule has 0 amide bonds. The lowest BCUT2D eigenvalue weighted by Gasteiger charge is -2.54. The Kier molecular flexibility index (Phi) is 3.27. The number of rotatable bonds is 1. The molecule has 0 saturated heterocycles. The topological polar surface area (TPSA) is 0 Å². The summed E-state index contributed by atoms with van der Waals surface area (Å²) in [6.45, 7) is 14.1. The second-order valence-corrected chi connectivity index (χ2v) is 8.09. The van der Waals surface area contributed by atoms with Gasteiger partial charge in [0.2, 0.25) is 0 Å². The summed E-state index contributed by atoms with van der Waals surface area (Å²) in [4.78, 5) is 0. The SMILES string of the molecule is [CH2][C@@]1(C)CCC[C@]2(C)c3ccc(C(C)C)cc3CC[C@@H]12. The first-order valence-electron chi connectivity index (χ1n) is 8.33. The molecule has 3 rings (SSSR count). The lowest BCUT2D eigenvalue weighted by Crippen LogP contribution is -2.48. The van der Waals surface area contributed by atoms with Crippen molar-refractivity contribution in [2.75, 3.05) is 0 Å². The summed E-state index contributed by atoms with van der Waals surface area (Å²) >= 11 is 0. The second-order valence-electron chi connectivity index (χ2n) is 8.09. The van der Waals surface area contributed by atoms with Gasteiger partial charge in [-0.3, -0.25) is 0 Å². The van der Waals surface area contributed by atoms with Gasteiger partial charge in [-0.1, -0.05) is 52.3 Å². The summed E-state index contributed by atoms with van der Waals surface area (Å²) in [6, 6.07) is 7.29. The first-order valence-corrected chi connectivity index (χ1v) is 8.33. The van der Waals surface area contributed by atoms with Crippen molar-refractivity contribution in [1.29, 1.82) is 0 Å². The number of aryl methyl sites for hydroxylation is 1. The fraction of sp³-hybridized carbons (Fsp3) is 0.650. The molecule has 1 fully saturated rings. The van der Waals surface area contributed by atoms with Gasteiger partial charge in [-0.15, -0.1) is 0 Å². The van der Waals surface area contributed by atoms with Crippen LogP contribution >= 0.6 is 0 Å². The molecule has 0 bridgehead atoms. The molecule has 0 nitrogen and oxygen atoms in total. The molecule has 2 aliphatic carbocycles. The van der Waals surface area contributed by atoms with Gasteiger partial charge in [0.15, 0.2) is 0 Å². The molecular formula is C20H29. The van der Waals surface area contributed by atoms with Crippen LogP contribution in [-0.4, -0.2) is 0 Å². The molecule has 3 atom stereocenters. The molecular weight excluding hydrogens is 240 g/mol. The predicted molar refractivity (Wildman–Crippen MR) is 87.0 cm³/mol. The van der Waals surface area contributed by atoms with Crippen LogP contribution in [0.15, 0.2) is 18.2 Å². The minimum Gasteiger partial charge on any atom is -0.0593 e. The van der Waals surface area contributed by atoms with E-state index in [0.29, 0.717) is 11.3 Å². The van der Waals surface area contributed by atoms with Crippen molar-refractivity contribution in [2.24, 2.45) is 11.3 Å². The van der Waals surface area contributed by atoms with Gasteiger partial charge < -0.3 is 0 Å². The third-order valence-electron chi connectivity index (χ3n) is 6.17. The summed E-state index contributed by atoms with van der Waals surface area (Å²) in [5.41, 5.74) is 5.37. The monoisotopic (exact) mass is 269 g/mol. The number of hydrogen-bond donors (Lipinski definition) is 0. The van der Waals surface area contributed by atoms with E-state index in [1.165, 1.54) is 37.7 Å². The molecule has 1 radical (unpaired) electrons. The molecule has 0 aromatic heterocycles. The van der Waals surface area contributed by atoms with E-state index in [2.05, 4.69) is 52.8 Å². The van der Waals surface area contributed by atoms with E-state index in [9.17, 15) is 0 Å². The Morgan fingerprint density at radius 3 is 2.65 bits per heavy atom. The number of hydrogen-bond acceptors (Lipinski definition) is 0. The standard InChI is InChI=1S/C20H29/c1-14(2)15-7-9-17-16(13-15)8-10-18-19(3,4)11-6-12-20(17,18)5/h7,9,13-14,18H,3,6,8,10-12H2,1-2,4-5H3/t18-,19+,20+/m0/s1. The molecule has 0 spiro atoms. The van der Waals surface area contributed by atoms with Crippen molar-refractivity contribution in [1.82, 2.24) is 0 Å². The molecule has 2 aliphatic rings. The minimum absolute atomic E-state index is 0.265. The van der Waals surface area contributed by atoms with E-state index in [-0.39, 0.29) is 5.41 Å². The van der Waals surface area contributed by atoms with E-state index >= 15 is 0 Å². The highest BCUT2D eigenvalue weighted by molar-refractivity contribution is 5.42. The lowest BCUT2D eigenvalue weighted by atomic mass is 9.50. The van der Waals surface area contributed by atoms with Crippen LogP contribution in [0.25, 0.3) is 0 Å². The Balaban J connectivity index is 2.06. The average Bonchev–Trinajstić information content (AvgIpc) is 2.37. The maximum Gasteiger partial charge on any atom is -0.00390 e. The zero-order valence-corrected chi connectivity index (χ0v) is 13.6. The maximum absolute atomic E-state index is 4.58. The van der Waals surface area contributed by atoms with E-state index < -0.39 is 0 Å². The highest BCUT2D eigenvalue weighted by Gasteiger charge is 2.49. The smallest absolute Gasteiger partial charge is 0.00390 e. The minimum atomic E-state index is 0.265. The fourth-order valence-electron chi connectivity index (χ4n) is 5.00. The van der Waals surface area contributed by atoms with Gasteiger partial charge in [0.1, 0.15) is 0 Å². The van der Waals surface area contributed by atoms with Crippen LogP contribution in [0.3, 0.4) is 0 Å². The van der Waals surface area contributed by atoms with Gasteiger partial charge in [-0.2, -0.15) is 0 Å². The molecule has 0 unspecified atom stereocenters. The van der Waals surface area contributed by atoms with Crippen LogP contribution in [0.4, 0.5) is 0 Å². The van der Waals surface area contributed by atoms with Crippen LogP contribution in [-0.2, 0) is 11.8 Å². The third-order valence-corrected chi connectivity index (χ3v) is 6.17. The van der Waals surface area contributed by atoms with E-state index in [1.54, 1.807) is 11.1 Å². The first kappa shape index (κ1) is 14.2. The molecule has 1 aromatic rings. The maximum atomic E-state index is 4.58. The Bertz CT molecular complexity index is 509. The summed E-state index contributed by atoms with van der Waals surface area (Å²) in [6.07, 6.45) is 6.55. The van der Waals surface area contributed by atoms with E-state index in [4.69, 9.17) is 0 Å². The molecule has 0 heteroatoms. The highest BCUT2D eigenvalue weighted by atomic mass is 14.5. The molecule has 0 aliphatic heterocycles. The summed E-state index contributed by atoms with van der Waals surface area (Å²) in [5, 5.41) is 0. The summed E-state index contributed by atoms with van der Waals surface area (Å²) in [5.74, 6) is 1.39. The highest BCUT2D eigenvalue weighted by Crippen LogP contribution is 2.56. The van der Waals surface area contributed by atoms with Crippen molar-refractivity contribution in [3.05, 3.63) is 41.8 Å². The van der Waals surface area contributed by atoms with E-state index in [1.807, 2.05) is 0 Å². The van der Waals surface area contributed by atoms with Gasteiger partial charge in [0.05, 0.1) is 0 Å². The van der Waals surface area contributed by atoms with E-state index in [0.717, 1.165) is 5.92 Å². The molecule has 0 heterocycles. The molecule has 20 heavy (non-hydrogen) atoms. The van der Waals surface area contributed by atoms with Crippen molar-refractivity contribution in [2.45, 2.75) is 71.1 Å². The quantitative estimate of drug-likeness (QED) is 0.617. The Hall–Kier alpha value is -0.780. The molecule has 109 valence electrons. The first-order chi connectivity index (χ1) is 9.34. The van der Waals surface area contributed by atoms with Crippen LogP contribution in [0.1, 0.15) is 76.0 Å². The van der Waals surface area contributed by atoms with Crippen LogP contribution in [0.5, 0.6) is 0 Å². The molecule has 0 N–H and O–H groups in total. The van der Waals surface area contributed by atoms with Gasteiger partial charge >= 0.3 is 0 Å². The summed E-state index contributed by atoms with van der Waals surface area (Å²) < 4.78 is 0. The fourth-order valence-corrected chi connectivity index (χ4v) is 5.00. The second kappa shape index (κ2) is 4.61. The van der Waals surface area contributed by atoms with Gasteiger partial charge in [0.25, 0.3) is 0 Å². The zero-order chi connectivity index (χ0) is 14.5. The van der Waals surface area contributed by atoms with Gasteiger partial charge in [0, 0.05) is 0 Å². The normalized spacial score (nSPS) is 31.8. The van der Waals surface area contributed by atoms with Crippen molar-refractivity contribution < 1.29 is 0 Å². The van der Waals surface area contributed by atoms with Gasteiger partial charge in [-0.25, -0.2) is 0 Å². The van der Waals surface area contributed by atoms with Crippen LogP contribution in [0.2, 0.25) is 0 Å². The lowest BCUT2D eigenvalue weighted by molar-refractivity contribution is 0.0610. The average molecular weight is 269 g/mol. The molecule has 1 aromatic carbocycles. The van der Waals surface area contributed by atoms with Crippen LogP contribution in [0, 0.1) is 18.3 Å². The zero-order valence-electron chi connectivity index (χ0n) is 13.6. The third kappa shape index (κ3) is 2.03. The largest absolute Gasteiger partial charge is 0.0593 e. The number of benzene rings is 1. The Morgan fingerprint density at radius 1 is 1.20 bits per heavy atom. The van der Waals surface area contributed by atoms with Gasteiger partial charge in [-0.05, 0) is 72.0 Å². The molecule has 1 saturated carbocycles. The number of fused-ring (bicyclic) bond motifs is 3. The van der Waals surface area contributed by atoms with Crippen molar-refractivity contribution >= 4 is 0 Å². The Labute approximate surface area is 125 Å². The Morgan fingerprint density at radius 2 is 1.95 bits per heavy atom. The predicted octanol–water partition coefficient (Wildman–Crippen LogP) is 5.65. The van der Waals surface area contributed by atoms with Crippen molar-refractivity contribution in [3.8, 4) is 0 Å². The summed E-state index contributed by atoms with van der Waals surface area (Å²) in [7, 11) is 0.